The lowest BCUT2D eigenvalue weighted by Gasteiger charge is -2.09. The zero-order chi connectivity index (χ0) is 11.5. The van der Waals surface area contributed by atoms with Gasteiger partial charge < -0.3 is 5.73 Å². The van der Waals surface area contributed by atoms with E-state index < -0.39 is 0 Å². The molecule has 2 nitrogen and oxygen atoms in total. The van der Waals surface area contributed by atoms with Gasteiger partial charge in [-0.1, -0.05) is 28.1 Å². The summed E-state index contributed by atoms with van der Waals surface area (Å²) in [5.74, 6) is 0. The zero-order valence-corrected chi connectivity index (χ0v) is 11.4. The van der Waals surface area contributed by atoms with Crippen molar-refractivity contribution in [1.82, 2.24) is 4.98 Å². The van der Waals surface area contributed by atoms with Crippen LogP contribution in [0.3, 0.4) is 0 Å². The summed E-state index contributed by atoms with van der Waals surface area (Å²) in [4.78, 5) is 5.38. The van der Waals surface area contributed by atoms with Crippen LogP contribution in [-0.4, -0.2) is 4.98 Å². The Morgan fingerprint density at radius 1 is 1.50 bits per heavy atom. The molecule has 16 heavy (non-hydrogen) atoms. The third-order valence-electron chi connectivity index (χ3n) is 2.35. The number of nitrogens with zero attached hydrogens (tertiary/aromatic N) is 1. The monoisotopic (exact) mass is 296 g/mol. The molecule has 0 amide bonds. The first-order valence-corrected chi connectivity index (χ1v) is 6.68. The van der Waals surface area contributed by atoms with Crippen molar-refractivity contribution in [3.8, 4) is 0 Å². The third-order valence-corrected chi connectivity index (χ3v) is 3.89. The second-order valence-corrected chi connectivity index (χ2v) is 5.90. The molecule has 1 heterocycles. The maximum absolute atomic E-state index is 6.15. The van der Waals surface area contributed by atoms with E-state index in [1.165, 1.54) is 5.56 Å². The van der Waals surface area contributed by atoms with Crippen LogP contribution in [0.5, 0.6) is 0 Å². The Balaban J connectivity index is 2.10. The smallest absolute Gasteiger partial charge is 0.0897 e. The maximum Gasteiger partial charge on any atom is 0.0897 e. The number of aromatic nitrogens is 1. The summed E-state index contributed by atoms with van der Waals surface area (Å²) in [6.45, 7) is 2.00. The molecule has 1 unspecified atom stereocenters. The highest BCUT2D eigenvalue weighted by molar-refractivity contribution is 9.10. The lowest BCUT2D eigenvalue weighted by Crippen LogP contribution is -2.11. The first kappa shape index (κ1) is 11.8. The molecule has 0 saturated heterocycles. The average molecular weight is 297 g/mol. The second kappa shape index (κ2) is 5.08. The first-order valence-electron chi connectivity index (χ1n) is 5.07. The summed E-state index contributed by atoms with van der Waals surface area (Å²) in [6, 6.07) is 8.29. The van der Waals surface area contributed by atoms with Crippen LogP contribution in [0.25, 0.3) is 0 Å². The lowest BCUT2D eigenvalue weighted by atomic mass is 10.1. The molecule has 2 N–H and O–H groups in total. The van der Waals surface area contributed by atoms with Gasteiger partial charge >= 0.3 is 0 Å². The quantitative estimate of drug-likeness (QED) is 0.942. The number of benzene rings is 1. The molecule has 2 aromatic rings. The summed E-state index contributed by atoms with van der Waals surface area (Å²) >= 11 is 5.13. The topological polar surface area (TPSA) is 38.9 Å². The minimum atomic E-state index is 0.0421. The molecule has 84 valence electrons. The van der Waals surface area contributed by atoms with Crippen molar-refractivity contribution in [1.29, 1.82) is 0 Å². The Kier molecular flexibility index (Phi) is 3.74. The molecule has 0 aliphatic carbocycles. The fourth-order valence-corrected chi connectivity index (χ4v) is 2.80. The van der Waals surface area contributed by atoms with Gasteiger partial charge in [0, 0.05) is 21.6 Å². The second-order valence-electron chi connectivity index (χ2n) is 3.72. The van der Waals surface area contributed by atoms with Crippen molar-refractivity contribution in [2.75, 3.05) is 0 Å². The number of rotatable bonds is 3. The molecule has 0 aliphatic heterocycles. The maximum atomic E-state index is 6.15. The van der Waals surface area contributed by atoms with E-state index in [1.807, 2.05) is 25.3 Å². The standard InChI is InChI=1S/C12H13BrN2S/c1-8-15-7-12(16-8)11(14)6-9-3-2-4-10(13)5-9/h2-5,7,11H,6,14H2,1H3. The predicted octanol–water partition coefficient (Wildman–Crippen LogP) is 3.46. The van der Waals surface area contributed by atoms with Gasteiger partial charge in [0.05, 0.1) is 5.01 Å². The first-order chi connectivity index (χ1) is 7.65. The van der Waals surface area contributed by atoms with Gasteiger partial charge in [0.25, 0.3) is 0 Å². The lowest BCUT2D eigenvalue weighted by molar-refractivity contribution is 0.734. The Bertz CT molecular complexity index is 481. The molecule has 1 atom stereocenters. The van der Waals surface area contributed by atoms with Gasteiger partial charge in [-0.3, -0.25) is 0 Å². The van der Waals surface area contributed by atoms with Gasteiger partial charge in [-0.25, -0.2) is 4.98 Å². The molecule has 1 aromatic carbocycles. The molecular weight excluding hydrogens is 284 g/mol. The van der Waals surface area contributed by atoms with Gasteiger partial charge in [-0.15, -0.1) is 11.3 Å². The largest absolute Gasteiger partial charge is 0.323 e. The zero-order valence-electron chi connectivity index (χ0n) is 8.98. The number of nitrogens with two attached hydrogens (primary N) is 1. The van der Waals surface area contributed by atoms with E-state index in [-0.39, 0.29) is 6.04 Å². The average Bonchev–Trinajstić information content (AvgIpc) is 2.65. The summed E-state index contributed by atoms with van der Waals surface area (Å²) in [5, 5.41) is 1.07. The van der Waals surface area contributed by atoms with Crippen molar-refractivity contribution in [2.45, 2.75) is 19.4 Å². The van der Waals surface area contributed by atoms with E-state index >= 15 is 0 Å². The molecule has 4 heteroatoms. The summed E-state index contributed by atoms with van der Waals surface area (Å²) in [5.41, 5.74) is 7.39. The number of thiazole rings is 1. The Morgan fingerprint density at radius 2 is 2.31 bits per heavy atom. The highest BCUT2D eigenvalue weighted by atomic mass is 79.9. The van der Waals surface area contributed by atoms with Crippen LogP contribution in [0.4, 0.5) is 0 Å². The summed E-state index contributed by atoms with van der Waals surface area (Å²) in [6.07, 6.45) is 2.73. The van der Waals surface area contributed by atoms with Gasteiger partial charge in [0.2, 0.25) is 0 Å². The van der Waals surface area contributed by atoms with Crippen LogP contribution in [0.15, 0.2) is 34.9 Å². The van der Waals surface area contributed by atoms with Crippen molar-refractivity contribution < 1.29 is 0 Å². The van der Waals surface area contributed by atoms with Crippen LogP contribution in [0.1, 0.15) is 21.5 Å². The minimum Gasteiger partial charge on any atom is -0.323 e. The molecule has 0 radical (unpaired) electrons. The minimum absolute atomic E-state index is 0.0421. The van der Waals surface area contributed by atoms with Crippen LogP contribution in [-0.2, 0) is 6.42 Å². The number of aryl methyl sites for hydroxylation is 1. The van der Waals surface area contributed by atoms with E-state index in [4.69, 9.17) is 5.73 Å². The molecule has 0 spiro atoms. The third kappa shape index (κ3) is 2.90. The van der Waals surface area contributed by atoms with Gasteiger partial charge in [0.15, 0.2) is 0 Å². The van der Waals surface area contributed by atoms with Crippen molar-refractivity contribution >= 4 is 27.3 Å². The Morgan fingerprint density at radius 3 is 2.94 bits per heavy atom. The predicted molar refractivity (Wildman–Crippen MR) is 71.6 cm³/mol. The van der Waals surface area contributed by atoms with Crippen molar-refractivity contribution in [2.24, 2.45) is 5.73 Å². The summed E-state index contributed by atoms with van der Waals surface area (Å²) < 4.78 is 1.10. The Labute approximate surface area is 108 Å². The molecular formula is C12H13BrN2S. The molecule has 0 fully saturated rings. The van der Waals surface area contributed by atoms with E-state index in [0.29, 0.717) is 0 Å². The van der Waals surface area contributed by atoms with E-state index in [0.717, 1.165) is 20.8 Å². The number of halogens is 1. The van der Waals surface area contributed by atoms with Crippen molar-refractivity contribution in [3.05, 3.63) is 50.4 Å². The van der Waals surface area contributed by atoms with Crippen LogP contribution in [0, 0.1) is 6.92 Å². The number of hydrogen-bond donors (Lipinski definition) is 1. The molecule has 0 saturated carbocycles. The SMILES string of the molecule is Cc1ncc(C(N)Cc2cccc(Br)c2)s1. The van der Waals surface area contributed by atoms with Gasteiger partial charge in [-0.05, 0) is 31.0 Å². The molecule has 0 bridgehead atoms. The number of hydrogen-bond acceptors (Lipinski definition) is 3. The Hall–Kier alpha value is -0.710. The fourth-order valence-electron chi connectivity index (χ4n) is 1.57. The van der Waals surface area contributed by atoms with Gasteiger partial charge in [-0.2, -0.15) is 0 Å². The van der Waals surface area contributed by atoms with Crippen molar-refractivity contribution in [3.63, 3.8) is 0 Å². The summed E-state index contributed by atoms with van der Waals surface area (Å²) in [7, 11) is 0. The van der Waals surface area contributed by atoms with Crippen LogP contribution in [0.2, 0.25) is 0 Å². The fraction of sp³-hybridized carbons (Fsp3) is 0.250. The molecule has 0 aliphatic rings. The van der Waals surface area contributed by atoms with Crippen LogP contribution >= 0.6 is 27.3 Å². The van der Waals surface area contributed by atoms with E-state index in [2.05, 4.69) is 33.0 Å². The highest BCUT2D eigenvalue weighted by Crippen LogP contribution is 2.23. The van der Waals surface area contributed by atoms with Gasteiger partial charge in [0.1, 0.15) is 0 Å². The van der Waals surface area contributed by atoms with Crippen LogP contribution < -0.4 is 5.73 Å². The normalized spacial score (nSPS) is 12.7. The van der Waals surface area contributed by atoms with E-state index in [1.54, 1.807) is 11.3 Å². The molecule has 1 aromatic heterocycles. The highest BCUT2D eigenvalue weighted by Gasteiger charge is 2.10. The van der Waals surface area contributed by atoms with E-state index in [9.17, 15) is 0 Å². The molecule has 2 rings (SSSR count).